The van der Waals surface area contributed by atoms with Gasteiger partial charge >= 0.3 is 5.97 Å². The predicted molar refractivity (Wildman–Crippen MR) is 57.5 cm³/mol. The molecule has 0 bridgehead atoms. The molecule has 0 amide bonds. The summed E-state index contributed by atoms with van der Waals surface area (Å²) in [5, 5.41) is 0. The van der Waals surface area contributed by atoms with Gasteiger partial charge in [0.05, 0.1) is 19.4 Å². The Bertz CT molecular complexity index is 410. The third-order valence-corrected chi connectivity index (χ3v) is 2.06. The van der Waals surface area contributed by atoms with Crippen LogP contribution in [0, 0.1) is 11.6 Å². The minimum atomic E-state index is -0.741. The summed E-state index contributed by atoms with van der Waals surface area (Å²) in [6, 6.07) is 1.73. The molecular weight excluding hydrogens is 232 g/mol. The van der Waals surface area contributed by atoms with Gasteiger partial charge < -0.3 is 15.2 Å². The average molecular weight is 245 g/mol. The molecule has 17 heavy (non-hydrogen) atoms. The molecule has 0 heterocycles. The van der Waals surface area contributed by atoms with Crippen LogP contribution in [0.3, 0.4) is 0 Å². The lowest BCUT2D eigenvalue weighted by Crippen LogP contribution is -2.06. The van der Waals surface area contributed by atoms with Crippen LogP contribution >= 0.6 is 0 Å². The first-order chi connectivity index (χ1) is 8.04. The highest BCUT2D eigenvalue weighted by Crippen LogP contribution is 2.23. The van der Waals surface area contributed by atoms with Crippen LogP contribution in [0.2, 0.25) is 0 Å². The number of benzene rings is 1. The number of halogens is 2. The maximum Gasteiger partial charge on any atom is 0.305 e. The second kappa shape index (κ2) is 6.03. The quantitative estimate of drug-likeness (QED) is 0.488. The van der Waals surface area contributed by atoms with Crippen molar-refractivity contribution in [3.8, 4) is 5.75 Å². The van der Waals surface area contributed by atoms with Crippen molar-refractivity contribution in [2.24, 2.45) is 0 Å². The molecule has 0 fully saturated rings. The number of anilines is 1. The van der Waals surface area contributed by atoms with Crippen molar-refractivity contribution in [2.75, 3.05) is 19.5 Å². The van der Waals surface area contributed by atoms with E-state index in [2.05, 4.69) is 4.74 Å². The van der Waals surface area contributed by atoms with E-state index in [1.165, 1.54) is 7.11 Å². The molecule has 0 aliphatic heterocycles. The number of esters is 1. The maximum atomic E-state index is 13.2. The van der Waals surface area contributed by atoms with Crippen molar-refractivity contribution in [2.45, 2.75) is 12.8 Å². The Hall–Kier alpha value is -1.85. The molecule has 0 aliphatic rings. The molecule has 1 aromatic carbocycles. The van der Waals surface area contributed by atoms with Gasteiger partial charge in [0.15, 0.2) is 11.6 Å². The number of nitrogen functional groups attached to an aromatic ring is 1. The summed E-state index contributed by atoms with van der Waals surface area (Å²) in [7, 11) is 1.28. The summed E-state index contributed by atoms with van der Waals surface area (Å²) in [4.78, 5) is 10.8. The third kappa shape index (κ3) is 3.90. The zero-order valence-corrected chi connectivity index (χ0v) is 9.33. The second-order valence-electron chi connectivity index (χ2n) is 3.33. The van der Waals surface area contributed by atoms with Gasteiger partial charge in [-0.2, -0.15) is 0 Å². The van der Waals surface area contributed by atoms with E-state index in [9.17, 15) is 13.6 Å². The number of methoxy groups -OCH3 is 1. The molecule has 0 radical (unpaired) electrons. The molecule has 0 spiro atoms. The fraction of sp³-hybridized carbons (Fsp3) is 0.364. The zero-order chi connectivity index (χ0) is 12.8. The van der Waals surface area contributed by atoms with Gasteiger partial charge in [0.25, 0.3) is 0 Å². The Balaban J connectivity index is 2.47. The Labute approximate surface area is 97.3 Å². The van der Waals surface area contributed by atoms with Crippen molar-refractivity contribution >= 4 is 11.7 Å². The first kappa shape index (κ1) is 13.2. The molecule has 0 atom stereocenters. The van der Waals surface area contributed by atoms with Crippen molar-refractivity contribution in [1.82, 2.24) is 0 Å². The highest BCUT2D eigenvalue weighted by atomic mass is 19.1. The molecule has 0 aromatic heterocycles. The molecule has 0 aliphatic carbocycles. The van der Waals surface area contributed by atoms with Gasteiger partial charge in [0.1, 0.15) is 5.82 Å². The number of nitrogens with two attached hydrogens (primary N) is 1. The summed E-state index contributed by atoms with van der Waals surface area (Å²) >= 11 is 0. The number of ether oxygens (including phenoxy) is 2. The van der Waals surface area contributed by atoms with E-state index < -0.39 is 11.6 Å². The number of rotatable bonds is 5. The van der Waals surface area contributed by atoms with E-state index in [-0.39, 0.29) is 30.4 Å². The molecular formula is C11H13F2NO3. The normalized spacial score (nSPS) is 10.1. The first-order valence-electron chi connectivity index (χ1n) is 4.98. The molecule has 4 nitrogen and oxygen atoms in total. The van der Waals surface area contributed by atoms with E-state index in [0.29, 0.717) is 6.42 Å². The fourth-order valence-corrected chi connectivity index (χ4v) is 1.16. The highest BCUT2D eigenvalue weighted by Gasteiger charge is 2.09. The van der Waals surface area contributed by atoms with Crippen LogP contribution in [-0.2, 0) is 9.53 Å². The zero-order valence-electron chi connectivity index (χ0n) is 9.33. The van der Waals surface area contributed by atoms with Crippen LogP contribution in [-0.4, -0.2) is 19.7 Å². The van der Waals surface area contributed by atoms with Crippen molar-refractivity contribution in [3.05, 3.63) is 23.8 Å². The van der Waals surface area contributed by atoms with Crippen molar-refractivity contribution in [1.29, 1.82) is 0 Å². The van der Waals surface area contributed by atoms with Gasteiger partial charge in [-0.3, -0.25) is 4.79 Å². The fourth-order valence-electron chi connectivity index (χ4n) is 1.16. The van der Waals surface area contributed by atoms with Crippen LogP contribution in [0.15, 0.2) is 12.1 Å². The van der Waals surface area contributed by atoms with Gasteiger partial charge in [-0.25, -0.2) is 8.78 Å². The minimum Gasteiger partial charge on any atom is -0.490 e. The summed E-state index contributed by atoms with van der Waals surface area (Å²) in [6.45, 7) is 0.0926. The summed E-state index contributed by atoms with van der Waals surface area (Å²) in [5.74, 6) is -2.07. The lowest BCUT2D eigenvalue weighted by atomic mass is 10.3. The Kier molecular flexibility index (Phi) is 4.68. The minimum absolute atomic E-state index is 0.0926. The van der Waals surface area contributed by atoms with Gasteiger partial charge in [0, 0.05) is 18.6 Å². The van der Waals surface area contributed by atoms with Crippen molar-refractivity contribution in [3.63, 3.8) is 0 Å². The second-order valence-corrected chi connectivity index (χ2v) is 3.33. The molecule has 6 heteroatoms. The van der Waals surface area contributed by atoms with Crippen LogP contribution < -0.4 is 10.5 Å². The van der Waals surface area contributed by atoms with Crippen LogP contribution in [0.5, 0.6) is 5.75 Å². The molecule has 1 rings (SSSR count). The van der Waals surface area contributed by atoms with Gasteiger partial charge in [-0.15, -0.1) is 0 Å². The van der Waals surface area contributed by atoms with Gasteiger partial charge in [-0.1, -0.05) is 0 Å². The summed E-state index contributed by atoms with van der Waals surface area (Å²) < 4.78 is 35.6. The average Bonchev–Trinajstić information content (AvgIpc) is 2.30. The maximum absolute atomic E-state index is 13.2. The summed E-state index contributed by atoms with van der Waals surface area (Å²) in [5.41, 5.74) is 4.90. The van der Waals surface area contributed by atoms with Gasteiger partial charge in [-0.05, 0) is 6.42 Å². The standard InChI is InChI=1S/C11H13F2NO3/c1-16-11(15)3-2-4-17-10-6-7(12)9(14)5-8(10)13/h5-6H,2-4,14H2,1H3. The Morgan fingerprint density at radius 3 is 2.71 bits per heavy atom. The van der Waals surface area contributed by atoms with Crippen LogP contribution in [0.1, 0.15) is 12.8 Å². The predicted octanol–water partition coefficient (Wildman–Crippen LogP) is 1.88. The molecule has 1 aromatic rings. The van der Waals surface area contributed by atoms with E-state index in [1.807, 2.05) is 0 Å². The number of carbonyl (C=O) groups excluding carboxylic acids is 1. The Morgan fingerprint density at radius 2 is 2.06 bits per heavy atom. The van der Waals surface area contributed by atoms with E-state index >= 15 is 0 Å². The van der Waals surface area contributed by atoms with Gasteiger partial charge in [0.2, 0.25) is 0 Å². The SMILES string of the molecule is COC(=O)CCCOc1cc(F)c(N)cc1F. The molecule has 0 unspecified atom stereocenters. The smallest absolute Gasteiger partial charge is 0.305 e. The lowest BCUT2D eigenvalue weighted by molar-refractivity contribution is -0.140. The monoisotopic (exact) mass is 245 g/mol. The molecule has 0 saturated carbocycles. The van der Waals surface area contributed by atoms with Crippen molar-refractivity contribution < 1.29 is 23.0 Å². The summed E-state index contributed by atoms with van der Waals surface area (Å²) in [6.07, 6.45) is 0.522. The highest BCUT2D eigenvalue weighted by molar-refractivity contribution is 5.69. The first-order valence-corrected chi connectivity index (χ1v) is 4.98. The Morgan fingerprint density at radius 1 is 1.35 bits per heavy atom. The molecule has 94 valence electrons. The number of hydrogen-bond donors (Lipinski definition) is 1. The van der Waals surface area contributed by atoms with E-state index in [4.69, 9.17) is 10.5 Å². The number of hydrogen-bond acceptors (Lipinski definition) is 4. The lowest BCUT2D eigenvalue weighted by Gasteiger charge is -2.07. The topological polar surface area (TPSA) is 61.5 Å². The largest absolute Gasteiger partial charge is 0.490 e. The van der Waals surface area contributed by atoms with E-state index in [1.54, 1.807) is 0 Å². The van der Waals surface area contributed by atoms with Crippen LogP contribution in [0.25, 0.3) is 0 Å². The van der Waals surface area contributed by atoms with Crippen LogP contribution in [0.4, 0.5) is 14.5 Å². The third-order valence-electron chi connectivity index (χ3n) is 2.06. The number of carbonyl (C=O) groups is 1. The van der Waals surface area contributed by atoms with E-state index in [0.717, 1.165) is 12.1 Å². The molecule has 0 saturated heterocycles. The molecule has 2 N–H and O–H groups in total.